The maximum absolute atomic E-state index is 13.6. The lowest BCUT2D eigenvalue weighted by atomic mass is 10.0. The first-order chi connectivity index (χ1) is 18.5. The summed E-state index contributed by atoms with van der Waals surface area (Å²) in [6, 6.07) is 9.38. The minimum Gasteiger partial charge on any atom is -0.380 e. The molecular formula is C24H25ClF3N5O5S2. The summed E-state index contributed by atoms with van der Waals surface area (Å²) in [5.41, 5.74) is -0.734. The van der Waals surface area contributed by atoms with Gasteiger partial charge in [0.1, 0.15) is 5.69 Å². The number of carbonyl (C=O) groups is 1. The van der Waals surface area contributed by atoms with E-state index in [1.807, 2.05) is 0 Å². The topological polar surface area (TPSA) is 138 Å². The Bertz CT molecular complexity index is 1670. The number of nitrogens with one attached hydrogen (secondary N) is 3. The van der Waals surface area contributed by atoms with Crippen LogP contribution in [0.2, 0.25) is 5.02 Å². The van der Waals surface area contributed by atoms with E-state index in [1.54, 1.807) is 0 Å². The highest BCUT2D eigenvalue weighted by Gasteiger charge is 2.36. The molecule has 0 radical (unpaired) electrons. The predicted octanol–water partition coefficient (Wildman–Crippen LogP) is 3.52. The van der Waals surface area contributed by atoms with Crippen molar-refractivity contribution in [3.8, 4) is 0 Å². The van der Waals surface area contributed by atoms with Crippen LogP contribution in [-0.4, -0.2) is 69.7 Å². The molecule has 1 aromatic heterocycles. The van der Waals surface area contributed by atoms with Crippen LogP contribution in [0.4, 0.5) is 24.5 Å². The third kappa shape index (κ3) is 7.53. The number of nitrogens with zero attached hydrogens (tertiary/aromatic N) is 2. The second-order valence-electron chi connectivity index (χ2n) is 9.50. The second-order valence-corrected chi connectivity index (χ2v) is 13.7. The van der Waals surface area contributed by atoms with Crippen LogP contribution < -0.4 is 15.4 Å². The van der Waals surface area contributed by atoms with Crippen LogP contribution in [0, 0.1) is 0 Å². The number of sulfonamides is 2. The van der Waals surface area contributed by atoms with Crippen molar-refractivity contribution < 1.29 is 34.8 Å². The van der Waals surface area contributed by atoms with Gasteiger partial charge >= 0.3 is 6.18 Å². The molecule has 0 spiro atoms. The average molecular weight is 620 g/mol. The number of pyridine rings is 1. The molecule has 0 aliphatic carbocycles. The van der Waals surface area contributed by atoms with Gasteiger partial charge in [0.25, 0.3) is 5.91 Å². The third-order valence-electron chi connectivity index (χ3n) is 6.07. The van der Waals surface area contributed by atoms with E-state index in [4.69, 9.17) is 11.6 Å². The molecule has 40 heavy (non-hydrogen) atoms. The van der Waals surface area contributed by atoms with Gasteiger partial charge in [0.2, 0.25) is 20.0 Å². The van der Waals surface area contributed by atoms with Gasteiger partial charge in [-0.05, 0) is 48.9 Å². The van der Waals surface area contributed by atoms with E-state index in [-0.39, 0.29) is 47.0 Å². The minimum absolute atomic E-state index is 0.0462. The number of aromatic nitrogens is 1. The van der Waals surface area contributed by atoms with Crippen molar-refractivity contribution in [3.63, 3.8) is 0 Å². The Morgan fingerprint density at radius 3 is 2.38 bits per heavy atom. The molecule has 2 aromatic carbocycles. The molecule has 16 heteroatoms. The number of anilines is 2. The molecule has 1 saturated heterocycles. The Hall–Kier alpha value is -3.14. The number of alkyl halides is 3. The lowest BCUT2D eigenvalue weighted by molar-refractivity contribution is -0.140. The molecule has 1 amide bonds. The maximum Gasteiger partial charge on any atom is 0.433 e. The fourth-order valence-corrected chi connectivity index (χ4v) is 6.06. The molecule has 0 unspecified atom stereocenters. The fraction of sp³-hybridized carbons (Fsp3) is 0.333. The third-order valence-corrected chi connectivity index (χ3v) is 8.15. The first-order valence-electron chi connectivity index (χ1n) is 11.8. The summed E-state index contributed by atoms with van der Waals surface area (Å²) in [4.78, 5) is 16.7. The maximum atomic E-state index is 13.6. The van der Waals surface area contributed by atoms with E-state index in [1.165, 1.54) is 42.5 Å². The largest absolute Gasteiger partial charge is 0.433 e. The van der Waals surface area contributed by atoms with Crippen molar-refractivity contribution >= 4 is 59.8 Å². The molecular weight excluding hydrogens is 595 g/mol. The highest BCUT2D eigenvalue weighted by atomic mass is 35.5. The van der Waals surface area contributed by atoms with Crippen LogP contribution in [0.15, 0.2) is 48.5 Å². The highest BCUT2D eigenvalue weighted by Crippen LogP contribution is 2.35. The number of hydrogen-bond donors (Lipinski definition) is 3. The first kappa shape index (κ1) is 29.8. The number of rotatable bonds is 7. The van der Waals surface area contributed by atoms with Crippen molar-refractivity contribution in [2.75, 3.05) is 35.6 Å². The van der Waals surface area contributed by atoms with E-state index in [0.717, 1.165) is 22.9 Å². The zero-order valence-corrected chi connectivity index (χ0v) is 23.5. The molecule has 3 aromatic rings. The number of carbonyl (C=O) groups excluding carboxylic acids is 1. The van der Waals surface area contributed by atoms with Crippen molar-refractivity contribution in [2.45, 2.75) is 24.7 Å². The van der Waals surface area contributed by atoms with Crippen LogP contribution in [0.3, 0.4) is 0 Å². The van der Waals surface area contributed by atoms with Crippen LogP contribution in [-0.2, 0) is 26.2 Å². The quantitative estimate of drug-likeness (QED) is 0.368. The number of piperidine rings is 1. The second kappa shape index (κ2) is 11.0. The Kier molecular flexibility index (Phi) is 8.23. The summed E-state index contributed by atoms with van der Waals surface area (Å²) in [5, 5.41) is 6.35. The molecule has 1 fully saturated rings. The summed E-state index contributed by atoms with van der Waals surface area (Å²) >= 11 is 6.08. The van der Waals surface area contributed by atoms with Crippen molar-refractivity contribution in [3.05, 3.63) is 64.8 Å². The SMILES string of the molecule is CS(=O)(=O)Nc1cccc(C(=O)N[C@H]2C[C@@H](Nc3cc(C(F)(F)F)nc4ccc(Cl)cc34)CN(S(C)(=O)=O)C2)c1. The zero-order valence-electron chi connectivity index (χ0n) is 21.2. The fourth-order valence-electron chi connectivity index (χ4n) is 4.43. The molecule has 1 aliphatic heterocycles. The smallest absolute Gasteiger partial charge is 0.380 e. The zero-order chi connectivity index (χ0) is 29.5. The number of fused-ring (bicyclic) bond motifs is 1. The molecule has 3 N–H and O–H groups in total. The van der Waals surface area contributed by atoms with Crippen LogP contribution in [0.5, 0.6) is 0 Å². The lowest BCUT2D eigenvalue weighted by Gasteiger charge is -2.37. The van der Waals surface area contributed by atoms with Crippen LogP contribution in [0.25, 0.3) is 10.9 Å². The van der Waals surface area contributed by atoms with Crippen LogP contribution >= 0.6 is 11.6 Å². The van der Waals surface area contributed by atoms with Gasteiger partial charge in [-0.1, -0.05) is 17.7 Å². The standard InChI is InChI=1S/C24H25ClF3N5O5S2/c1-39(35,36)32-16-5-3-4-14(8-16)23(34)30-18-10-17(12-33(13-18)40(2,37)38)29-21-11-22(24(26,27)28)31-20-7-6-15(25)9-19(20)21/h3-9,11,17-18,32H,10,12-13H2,1-2H3,(H,29,31)(H,30,34)/t17-,18+/m1/s1. The Labute approximate surface area is 234 Å². The van der Waals surface area contributed by atoms with Gasteiger partial charge in [-0.3, -0.25) is 9.52 Å². The predicted molar refractivity (Wildman–Crippen MR) is 146 cm³/mol. The van der Waals surface area contributed by atoms with Gasteiger partial charge in [0.15, 0.2) is 0 Å². The normalized spacial score (nSPS) is 18.9. The van der Waals surface area contributed by atoms with Gasteiger partial charge in [-0.2, -0.15) is 17.5 Å². The van der Waals surface area contributed by atoms with Crippen molar-refractivity contribution in [2.24, 2.45) is 0 Å². The van der Waals surface area contributed by atoms with E-state index < -0.39 is 49.9 Å². The van der Waals surface area contributed by atoms with Crippen molar-refractivity contribution in [1.29, 1.82) is 0 Å². The lowest BCUT2D eigenvalue weighted by Crippen LogP contribution is -2.55. The minimum atomic E-state index is -4.73. The van der Waals surface area contributed by atoms with Gasteiger partial charge in [0.05, 0.1) is 18.0 Å². The van der Waals surface area contributed by atoms with E-state index in [2.05, 4.69) is 20.3 Å². The van der Waals surface area contributed by atoms with Gasteiger partial charge in [-0.25, -0.2) is 21.8 Å². The van der Waals surface area contributed by atoms with E-state index in [9.17, 15) is 34.8 Å². The summed E-state index contributed by atoms with van der Waals surface area (Å²) in [6.45, 7) is -0.133. The highest BCUT2D eigenvalue weighted by molar-refractivity contribution is 7.92. The molecule has 216 valence electrons. The Morgan fingerprint density at radius 2 is 1.73 bits per heavy atom. The number of amides is 1. The molecule has 0 saturated carbocycles. The summed E-state index contributed by atoms with van der Waals surface area (Å²) < 4.78 is 92.1. The van der Waals surface area contributed by atoms with Gasteiger partial charge in [0, 0.05) is 52.5 Å². The number of halogens is 4. The molecule has 2 heterocycles. The molecule has 4 rings (SSSR count). The number of benzene rings is 2. The molecule has 1 aliphatic rings. The van der Waals surface area contributed by atoms with E-state index in [0.29, 0.717) is 5.39 Å². The van der Waals surface area contributed by atoms with Crippen LogP contribution in [0.1, 0.15) is 22.5 Å². The van der Waals surface area contributed by atoms with Crippen molar-refractivity contribution in [1.82, 2.24) is 14.6 Å². The van der Waals surface area contributed by atoms with Gasteiger partial charge in [-0.15, -0.1) is 0 Å². The molecule has 10 nitrogen and oxygen atoms in total. The number of hydrogen-bond acceptors (Lipinski definition) is 7. The Morgan fingerprint density at radius 1 is 1.02 bits per heavy atom. The summed E-state index contributed by atoms with van der Waals surface area (Å²) in [7, 11) is -7.33. The molecule has 2 atom stereocenters. The summed E-state index contributed by atoms with van der Waals surface area (Å²) in [6.07, 6.45) is -2.60. The first-order valence-corrected chi connectivity index (χ1v) is 15.9. The van der Waals surface area contributed by atoms with E-state index >= 15 is 0 Å². The Balaban J connectivity index is 1.62. The monoisotopic (exact) mass is 619 g/mol. The molecule has 0 bridgehead atoms. The average Bonchev–Trinajstić information content (AvgIpc) is 2.82. The summed E-state index contributed by atoms with van der Waals surface area (Å²) in [5.74, 6) is -0.586. The van der Waals surface area contributed by atoms with Gasteiger partial charge < -0.3 is 10.6 Å².